The first kappa shape index (κ1) is 8.31. The zero-order valence-corrected chi connectivity index (χ0v) is 7.14. The van der Waals surface area contributed by atoms with Crippen molar-refractivity contribution in [2.24, 2.45) is 0 Å². The summed E-state index contributed by atoms with van der Waals surface area (Å²) in [6.45, 7) is 1.03. The number of hydrogen-bond donors (Lipinski definition) is 1. The van der Waals surface area contributed by atoms with Crippen molar-refractivity contribution >= 4 is 5.91 Å². The molecule has 0 bridgehead atoms. The summed E-state index contributed by atoms with van der Waals surface area (Å²) in [6.07, 6.45) is 1.76. The van der Waals surface area contributed by atoms with Crippen LogP contribution in [0.2, 0.25) is 0 Å². The third-order valence-corrected chi connectivity index (χ3v) is 2.18. The molecule has 1 unspecified atom stereocenters. The molecule has 0 aromatic carbocycles. The van der Waals surface area contributed by atoms with Crippen molar-refractivity contribution in [1.29, 1.82) is 0 Å². The summed E-state index contributed by atoms with van der Waals surface area (Å²) in [5.41, 5.74) is 0. The molecule has 1 aliphatic heterocycles. The smallest absolute Gasteiger partial charge is 0.289 e. The predicted molar refractivity (Wildman–Crippen MR) is 45.2 cm³/mol. The van der Waals surface area contributed by atoms with Crippen LogP contribution in [-0.2, 0) is 0 Å². The summed E-state index contributed by atoms with van der Waals surface area (Å²) in [4.78, 5) is 13.2. The number of aliphatic hydroxyl groups is 1. The minimum absolute atomic E-state index is 0.137. The number of aliphatic hydroxyl groups excluding tert-OH is 1. The average Bonchev–Trinajstić information content (AvgIpc) is 2.72. The molecule has 1 N–H and O–H groups in total. The zero-order valence-electron chi connectivity index (χ0n) is 7.14. The molecule has 0 saturated carbocycles. The molecule has 1 fully saturated rings. The molecular formula is C9H11NO3. The van der Waals surface area contributed by atoms with Crippen molar-refractivity contribution < 1.29 is 14.3 Å². The lowest BCUT2D eigenvalue weighted by molar-refractivity contribution is 0.0734. The average molecular weight is 181 g/mol. The highest BCUT2D eigenvalue weighted by Crippen LogP contribution is 2.13. The Morgan fingerprint density at radius 1 is 1.69 bits per heavy atom. The van der Waals surface area contributed by atoms with Crippen molar-refractivity contribution in [3.05, 3.63) is 24.2 Å². The molecule has 0 spiro atoms. The lowest BCUT2D eigenvalue weighted by Crippen LogP contribution is -2.29. The first-order valence-corrected chi connectivity index (χ1v) is 4.28. The van der Waals surface area contributed by atoms with E-state index in [1.165, 1.54) is 6.26 Å². The van der Waals surface area contributed by atoms with Gasteiger partial charge in [0.25, 0.3) is 5.91 Å². The molecule has 1 saturated heterocycles. The standard InChI is InChI=1S/C9H11NO3/c11-7-3-4-10(6-7)9(12)8-2-1-5-13-8/h1-2,5,7,11H,3-4,6H2. The van der Waals surface area contributed by atoms with Gasteiger partial charge in [0.1, 0.15) is 0 Å². The summed E-state index contributed by atoms with van der Waals surface area (Å²) in [5.74, 6) is 0.204. The Labute approximate surface area is 75.8 Å². The van der Waals surface area contributed by atoms with E-state index in [2.05, 4.69) is 0 Å². The second kappa shape index (κ2) is 3.22. The van der Waals surface area contributed by atoms with Gasteiger partial charge in [-0.05, 0) is 18.6 Å². The number of likely N-dealkylation sites (tertiary alicyclic amines) is 1. The van der Waals surface area contributed by atoms with Gasteiger partial charge in [-0.2, -0.15) is 0 Å². The maximum Gasteiger partial charge on any atom is 0.289 e. The van der Waals surface area contributed by atoms with Crippen LogP contribution >= 0.6 is 0 Å². The van der Waals surface area contributed by atoms with Gasteiger partial charge in [-0.1, -0.05) is 0 Å². The highest BCUT2D eigenvalue weighted by Gasteiger charge is 2.26. The van der Waals surface area contributed by atoms with E-state index in [1.807, 2.05) is 0 Å². The Bertz CT molecular complexity index is 294. The number of β-amino-alcohol motifs (C(OH)–C–C–N with tert-alkyl or cyclic N) is 1. The minimum Gasteiger partial charge on any atom is -0.459 e. The van der Waals surface area contributed by atoms with Gasteiger partial charge in [-0.15, -0.1) is 0 Å². The Balaban J connectivity index is 2.06. The fraction of sp³-hybridized carbons (Fsp3) is 0.444. The van der Waals surface area contributed by atoms with Crippen LogP contribution in [0, 0.1) is 0 Å². The van der Waals surface area contributed by atoms with Crippen molar-refractivity contribution in [3.63, 3.8) is 0 Å². The second-order valence-corrected chi connectivity index (χ2v) is 3.17. The van der Waals surface area contributed by atoms with Crippen molar-refractivity contribution in [3.8, 4) is 0 Å². The molecule has 1 amide bonds. The number of furan rings is 1. The maximum absolute atomic E-state index is 11.6. The largest absolute Gasteiger partial charge is 0.459 e. The second-order valence-electron chi connectivity index (χ2n) is 3.17. The monoisotopic (exact) mass is 181 g/mol. The fourth-order valence-corrected chi connectivity index (χ4v) is 1.48. The van der Waals surface area contributed by atoms with Gasteiger partial charge >= 0.3 is 0 Å². The van der Waals surface area contributed by atoms with Gasteiger partial charge in [0.05, 0.1) is 12.4 Å². The van der Waals surface area contributed by atoms with Gasteiger partial charge in [0.15, 0.2) is 5.76 Å². The van der Waals surface area contributed by atoms with Crippen molar-refractivity contribution in [2.75, 3.05) is 13.1 Å². The molecule has 13 heavy (non-hydrogen) atoms. The fourth-order valence-electron chi connectivity index (χ4n) is 1.48. The number of amides is 1. The van der Waals surface area contributed by atoms with E-state index in [0.717, 1.165) is 0 Å². The summed E-state index contributed by atoms with van der Waals surface area (Å²) < 4.78 is 4.97. The van der Waals surface area contributed by atoms with Crippen molar-refractivity contribution in [2.45, 2.75) is 12.5 Å². The SMILES string of the molecule is O=C(c1ccco1)N1CCC(O)C1. The molecule has 1 aliphatic rings. The van der Waals surface area contributed by atoms with Crippen LogP contribution in [0.1, 0.15) is 17.0 Å². The molecule has 0 aliphatic carbocycles. The quantitative estimate of drug-likeness (QED) is 0.685. The Hall–Kier alpha value is -1.29. The number of carbonyl (C=O) groups is 1. The first-order chi connectivity index (χ1) is 6.27. The van der Waals surface area contributed by atoms with E-state index in [1.54, 1.807) is 17.0 Å². The third-order valence-electron chi connectivity index (χ3n) is 2.18. The van der Waals surface area contributed by atoms with Gasteiger partial charge < -0.3 is 14.4 Å². The van der Waals surface area contributed by atoms with Crippen LogP contribution in [0.25, 0.3) is 0 Å². The Kier molecular flexibility index (Phi) is 2.06. The summed E-state index contributed by atoms with van der Waals surface area (Å²) in [6, 6.07) is 3.31. The van der Waals surface area contributed by atoms with Crippen LogP contribution in [0.15, 0.2) is 22.8 Å². The molecule has 70 valence electrons. The van der Waals surface area contributed by atoms with E-state index in [0.29, 0.717) is 25.3 Å². The molecular weight excluding hydrogens is 170 g/mol. The number of rotatable bonds is 1. The number of nitrogens with zero attached hydrogens (tertiary/aromatic N) is 1. The topological polar surface area (TPSA) is 53.7 Å². The lowest BCUT2D eigenvalue weighted by Gasteiger charge is -2.12. The molecule has 1 aromatic rings. The normalized spacial score (nSPS) is 22.2. The molecule has 4 heteroatoms. The molecule has 1 aromatic heterocycles. The first-order valence-electron chi connectivity index (χ1n) is 4.28. The Morgan fingerprint density at radius 2 is 2.54 bits per heavy atom. The maximum atomic E-state index is 11.6. The van der Waals surface area contributed by atoms with Gasteiger partial charge in [-0.25, -0.2) is 0 Å². The van der Waals surface area contributed by atoms with Gasteiger partial charge in [0.2, 0.25) is 0 Å². The van der Waals surface area contributed by atoms with E-state index in [9.17, 15) is 9.90 Å². The van der Waals surface area contributed by atoms with E-state index in [-0.39, 0.29) is 12.0 Å². The molecule has 0 radical (unpaired) electrons. The molecule has 2 heterocycles. The summed E-state index contributed by atoms with van der Waals surface area (Å²) in [7, 11) is 0. The summed E-state index contributed by atoms with van der Waals surface area (Å²) in [5, 5.41) is 9.22. The lowest BCUT2D eigenvalue weighted by atomic mass is 10.3. The summed E-state index contributed by atoms with van der Waals surface area (Å²) >= 11 is 0. The van der Waals surface area contributed by atoms with Gasteiger partial charge in [0, 0.05) is 13.1 Å². The van der Waals surface area contributed by atoms with Crippen LogP contribution in [0.4, 0.5) is 0 Å². The van der Waals surface area contributed by atoms with Crippen molar-refractivity contribution in [1.82, 2.24) is 4.90 Å². The third kappa shape index (κ3) is 1.58. The van der Waals surface area contributed by atoms with Crippen LogP contribution < -0.4 is 0 Å². The van der Waals surface area contributed by atoms with E-state index >= 15 is 0 Å². The van der Waals surface area contributed by atoms with Crippen LogP contribution in [0.3, 0.4) is 0 Å². The highest BCUT2D eigenvalue weighted by molar-refractivity contribution is 5.91. The van der Waals surface area contributed by atoms with Gasteiger partial charge in [-0.3, -0.25) is 4.79 Å². The molecule has 1 atom stereocenters. The minimum atomic E-state index is -0.376. The molecule has 4 nitrogen and oxygen atoms in total. The predicted octanol–water partition coefficient (Wildman–Crippen LogP) is 0.486. The van der Waals surface area contributed by atoms with Crippen LogP contribution in [0.5, 0.6) is 0 Å². The van der Waals surface area contributed by atoms with E-state index < -0.39 is 0 Å². The van der Waals surface area contributed by atoms with E-state index in [4.69, 9.17) is 4.42 Å². The number of carbonyl (C=O) groups excluding carboxylic acids is 1. The molecule has 2 rings (SSSR count). The van der Waals surface area contributed by atoms with Crippen LogP contribution in [-0.4, -0.2) is 35.1 Å². The Morgan fingerprint density at radius 3 is 3.08 bits per heavy atom. The highest BCUT2D eigenvalue weighted by atomic mass is 16.3. The number of hydrogen-bond acceptors (Lipinski definition) is 3. The zero-order chi connectivity index (χ0) is 9.26.